The van der Waals surface area contributed by atoms with E-state index in [9.17, 15) is 9.18 Å². The quantitative estimate of drug-likeness (QED) is 0.431. The maximum Gasteiger partial charge on any atom is 0.235 e. The van der Waals surface area contributed by atoms with Crippen molar-refractivity contribution in [3.63, 3.8) is 0 Å². The van der Waals surface area contributed by atoms with Gasteiger partial charge in [0.2, 0.25) is 12.0 Å². The van der Waals surface area contributed by atoms with Gasteiger partial charge in [-0.3, -0.25) is 0 Å². The van der Waals surface area contributed by atoms with Crippen molar-refractivity contribution >= 4 is 17.7 Å². The van der Waals surface area contributed by atoms with Gasteiger partial charge in [0.05, 0.1) is 10.6 Å². The van der Waals surface area contributed by atoms with E-state index in [0.29, 0.717) is 5.02 Å². The van der Waals surface area contributed by atoms with Crippen LogP contribution in [0.25, 0.3) is 0 Å². The maximum atomic E-state index is 13.2. The standard InChI is InChI=1S/C9H8ClFN2O/c1-9(2,13-5-14)7-3-6(10)4-12-8(7)11/h3-4H,1-2H3. The molecule has 0 aromatic carbocycles. The number of rotatable bonds is 2. The van der Waals surface area contributed by atoms with E-state index in [4.69, 9.17) is 11.6 Å². The summed E-state index contributed by atoms with van der Waals surface area (Å²) >= 11 is 5.65. The van der Waals surface area contributed by atoms with Gasteiger partial charge in [0.1, 0.15) is 0 Å². The van der Waals surface area contributed by atoms with Crippen molar-refractivity contribution in [3.8, 4) is 0 Å². The largest absolute Gasteiger partial charge is 0.235 e. The Morgan fingerprint density at radius 3 is 2.86 bits per heavy atom. The Kier molecular flexibility index (Phi) is 2.99. The molecule has 0 fully saturated rings. The smallest absolute Gasteiger partial charge is 0.226 e. The average Bonchev–Trinajstić information content (AvgIpc) is 2.09. The number of isocyanates is 1. The van der Waals surface area contributed by atoms with Crippen molar-refractivity contribution in [1.29, 1.82) is 0 Å². The Bertz CT molecular complexity index is 400. The summed E-state index contributed by atoms with van der Waals surface area (Å²) in [6, 6.07) is 1.39. The Morgan fingerprint density at radius 1 is 1.64 bits per heavy atom. The number of nitrogens with zero attached hydrogens (tertiary/aromatic N) is 2. The maximum absolute atomic E-state index is 13.2. The zero-order valence-electron chi connectivity index (χ0n) is 7.71. The summed E-state index contributed by atoms with van der Waals surface area (Å²) in [6.45, 7) is 3.16. The summed E-state index contributed by atoms with van der Waals surface area (Å²) in [4.78, 5) is 17.0. The number of aliphatic imine (C=N–C) groups is 1. The van der Waals surface area contributed by atoms with Gasteiger partial charge in [-0.1, -0.05) is 11.6 Å². The molecule has 0 N–H and O–H groups in total. The minimum atomic E-state index is -0.996. The molecule has 3 nitrogen and oxygen atoms in total. The minimum Gasteiger partial charge on any atom is -0.226 e. The Labute approximate surface area is 85.6 Å². The van der Waals surface area contributed by atoms with Crippen LogP contribution in [0.2, 0.25) is 5.02 Å². The predicted octanol–water partition coefficient (Wildman–Crippen LogP) is 2.45. The van der Waals surface area contributed by atoms with Crippen LogP contribution in [0.1, 0.15) is 19.4 Å². The molecular formula is C9H8ClFN2O. The van der Waals surface area contributed by atoms with Crippen LogP contribution in [0.3, 0.4) is 0 Å². The van der Waals surface area contributed by atoms with Gasteiger partial charge in [-0.25, -0.2) is 9.78 Å². The number of aromatic nitrogens is 1. The molecule has 14 heavy (non-hydrogen) atoms. The zero-order chi connectivity index (χ0) is 10.8. The lowest BCUT2D eigenvalue weighted by molar-refractivity contribution is 0.476. The van der Waals surface area contributed by atoms with Gasteiger partial charge in [0.25, 0.3) is 0 Å². The van der Waals surface area contributed by atoms with E-state index in [0.717, 1.165) is 0 Å². The van der Waals surface area contributed by atoms with Crippen LogP contribution in [0.5, 0.6) is 0 Å². The fourth-order valence-corrected chi connectivity index (χ4v) is 1.18. The van der Waals surface area contributed by atoms with Crippen LogP contribution in [0.4, 0.5) is 4.39 Å². The van der Waals surface area contributed by atoms with Crippen molar-refractivity contribution in [2.24, 2.45) is 4.99 Å². The molecular weight excluding hydrogens is 207 g/mol. The molecule has 0 aliphatic carbocycles. The van der Waals surface area contributed by atoms with Crippen molar-refractivity contribution in [3.05, 3.63) is 28.8 Å². The second-order valence-electron chi connectivity index (χ2n) is 3.25. The van der Waals surface area contributed by atoms with E-state index in [2.05, 4.69) is 9.98 Å². The number of pyridine rings is 1. The molecule has 0 aliphatic rings. The molecule has 74 valence electrons. The van der Waals surface area contributed by atoms with Gasteiger partial charge in [-0.05, 0) is 19.9 Å². The highest BCUT2D eigenvalue weighted by molar-refractivity contribution is 6.30. The first kappa shape index (κ1) is 10.8. The van der Waals surface area contributed by atoms with E-state index in [1.807, 2.05) is 0 Å². The number of hydrogen-bond donors (Lipinski definition) is 0. The number of hydrogen-bond acceptors (Lipinski definition) is 3. The highest BCUT2D eigenvalue weighted by Gasteiger charge is 2.24. The topological polar surface area (TPSA) is 42.3 Å². The first-order valence-corrected chi connectivity index (χ1v) is 4.26. The van der Waals surface area contributed by atoms with Crippen molar-refractivity contribution in [1.82, 2.24) is 4.98 Å². The molecule has 0 unspecified atom stereocenters. The van der Waals surface area contributed by atoms with Crippen molar-refractivity contribution in [2.45, 2.75) is 19.4 Å². The van der Waals surface area contributed by atoms with Gasteiger partial charge in [0, 0.05) is 11.8 Å². The normalized spacial score (nSPS) is 10.9. The molecule has 0 atom stereocenters. The molecule has 0 saturated carbocycles. The van der Waals surface area contributed by atoms with Gasteiger partial charge in [-0.15, -0.1) is 0 Å². The van der Waals surface area contributed by atoms with Crippen LogP contribution in [-0.4, -0.2) is 11.1 Å². The Balaban J connectivity index is 3.30. The molecule has 1 aromatic heterocycles. The average molecular weight is 215 g/mol. The van der Waals surface area contributed by atoms with Crippen LogP contribution in [-0.2, 0) is 10.3 Å². The van der Waals surface area contributed by atoms with Gasteiger partial charge in [0.15, 0.2) is 0 Å². The predicted molar refractivity (Wildman–Crippen MR) is 50.4 cm³/mol. The van der Waals surface area contributed by atoms with Crippen LogP contribution < -0.4 is 0 Å². The van der Waals surface area contributed by atoms with Gasteiger partial charge < -0.3 is 0 Å². The Hall–Kier alpha value is -1.25. The second-order valence-corrected chi connectivity index (χ2v) is 3.69. The highest BCUT2D eigenvalue weighted by Crippen LogP contribution is 2.27. The van der Waals surface area contributed by atoms with E-state index in [-0.39, 0.29) is 5.56 Å². The lowest BCUT2D eigenvalue weighted by Gasteiger charge is -2.17. The number of halogens is 2. The van der Waals surface area contributed by atoms with E-state index >= 15 is 0 Å². The Morgan fingerprint density at radius 2 is 2.29 bits per heavy atom. The summed E-state index contributed by atoms with van der Waals surface area (Å²) in [6.07, 6.45) is 2.59. The fraction of sp³-hybridized carbons (Fsp3) is 0.333. The molecule has 1 heterocycles. The molecule has 0 amide bonds. The third kappa shape index (κ3) is 2.16. The molecule has 0 bridgehead atoms. The van der Waals surface area contributed by atoms with Gasteiger partial charge in [-0.2, -0.15) is 9.38 Å². The third-order valence-electron chi connectivity index (χ3n) is 1.79. The second kappa shape index (κ2) is 3.86. The number of carbonyl (C=O) groups excluding carboxylic acids is 1. The summed E-state index contributed by atoms with van der Waals surface area (Å²) in [5.74, 6) is -0.682. The van der Waals surface area contributed by atoms with Crippen LogP contribution in [0.15, 0.2) is 17.3 Å². The van der Waals surface area contributed by atoms with E-state index < -0.39 is 11.5 Å². The third-order valence-corrected chi connectivity index (χ3v) is 2.00. The van der Waals surface area contributed by atoms with E-state index in [1.54, 1.807) is 13.8 Å². The van der Waals surface area contributed by atoms with Crippen LogP contribution >= 0.6 is 11.6 Å². The minimum absolute atomic E-state index is 0.174. The first-order chi connectivity index (χ1) is 6.47. The lowest BCUT2D eigenvalue weighted by atomic mass is 9.97. The monoisotopic (exact) mass is 214 g/mol. The fourth-order valence-electron chi connectivity index (χ4n) is 1.03. The van der Waals surface area contributed by atoms with E-state index in [1.165, 1.54) is 18.3 Å². The molecule has 0 spiro atoms. The summed E-state index contributed by atoms with van der Waals surface area (Å²) < 4.78 is 13.2. The molecule has 5 heteroatoms. The molecule has 0 radical (unpaired) electrons. The molecule has 1 aromatic rings. The zero-order valence-corrected chi connectivity index (χ0v) is 8.47. The van der Waals surface area contributed by atoms with Crippen molar-refractivity contribution in [2.75, 3.05) is 0 Å². The molecule has 0 saturated heterocycles. The van der Waals surface area contributed by atoms with Crippen molar-refractivity contribution < 1.29 is 9.18 Å². The first-order valence-electron chi connectivity index (χ1n) is 3.88. The van der Waals surface area contributed by atoms with Gasteiger partial charge >= 0.3 is 0 Å². The summed E-state index contributed by atoms with van der Waals surface area (Å²) in [5, 5.41) is 0.301. The molecule has 0 aliphatic heterocycles. The summed E-state index contributed by atoms with van der Waals surface area (Å²) in [7, 11) is 0. The van der Waals surface area contributed by atoms with Crippen LogP contribution in [0, 0.1) is 5.95 Å². The summed E-state index contributed by atoms with van der Waals surface area (Å²) in [5.41, 5.74) is -0.822. The lowest BCUT2D eigenvalue weighted by Crippen LogP contribution is -2.16. The highest BCUT2D eigenvalue weighted by atomic mass is 35.5. The SMILES string of the molecule is CC(C)(N=C=O)c1cc(Cl)cnc1F. The molecule has 1 rings (SSSR count).